The van der Waals surface area contributed by atoms with Gasteiger partial charge in [-0.15, -0.1) is 0 Å². The normalized spacial score (nSPS) is 21.6. The van der Waals surface area contributed by atoms with Gasteiger partial charge >= 0.3 is 0 Å². The number of amides is 1. The fourth-order valence-electron chi connectivity index (χ4n) is 2.14. The molecular weight excluding hydrogens is 216 g/mol. The Labute approximate surface area is 104 Å². The fraction of sp³-hybridized carbons (Fsp3) is 0.923. The van der Waals surface area contributed by atoms with Gasteiger partial charge in [-0.1, -0.05) is 19.8 Å². The highest BCUT2D eigenvalue weighted by Crippen LogP contribution is 2.12. The third kappa shape index (κ3) is 5.04. The van der Waals surface area contributed by atoms with Crippen molar-refractivity contribution in [2.24, 2.45) is 5.92 Å². The van der Waals surface area contributed by atoms with E-state index in [2.05, 4.69) is 10.2 Å². The van der Waals surface area contributed by atoms with Crippen LogP contribution >= 0.6 is 0 Å². The average Bonchev–Trinajstić information content (AvgIpc) is 2.63. The van der Waals surface area contributed by atoms with Crippen LogP contribution in [0.15, 0.2) is 0 Å². The van der Waals surface area contributed by atoms with E-state index in [-0.39, 0.29) is 24.5 Å². The number of hydrogen-bond donors (Lipinski definition) is 2. The summed E-state index contributed by atoms with van der Waals surface area (Å²) in [6.07, 6.45) is 4.97. The molecule has 1 amide bonds. The highest BCUT2D eigenvalue weighted by Gasteiger charge is 2.21. The van der Waals surface area contributed by atoms with E-state index in [0.717, 1.165) is 13.1 Å². The van der Waals surface area contributed by atoms with Gasteiger partial charge in [-0.05, 0) is 38.8 Å². The molecule has 2 atom stereocenters. The summed E-state index contributed by atoms with van der Waals surface area (Å²) in [6.45, 7) is 6.65. The van der Waals surface area contributed by atoms with Crippen molar-refractivity contribution >= 4 is 5.91 Å². The SMILES string of the molecule is CC(CO)CNC(=O)C(C)N1CCCCCC1. The van der Waals surface area contributed by atoms with Gasteiger partial charge in [0.05, 0.1) is 6.04 Å². The fourth-order valence-corrected chi connectivity index (χ4v) is 2.14. The largest absolute Gasteiger partial charge is 0.396 e. The first kappa shape index (κ1) is 14.5. The van der Waals surface area contributed by atoms with Crippen molar-refractivity contribution in [3.8, 4) is 0 Å². The highest BCUT2D eigenvalue weighted by atomic mass is 16.3. The molecule has 2 unspecified atom stereocenters. The van der Waals surface area contributed by atoms with Gasteiger partial charge in [0.1, 0.15) is 0 Å². The lowest BCUT2D eigenvalue weighted by Crippen LogP contribution is -2.46. The lowest BCUT2D eigenvalue weighted by Gasteiger charge is -2.26. The summed E-state index contributed by atoms with van der Waals surface area (Å²) >= 11 is 0. The molecule has 0 bridgehead atoms. The van der Waals surface area contributed by atoms with Crippen LogP contribution < -0.4 is 5.32 Å². The first-order chi connectivity index (χ1) is 8.15. The van der Waals surface area contributed by atoms with E-state index in [9.17, 15) is 4.79 Å². The molecule has 1 heterocycles. The van der Waals surface area contributed by atoms with E-state index in [0.29, 0.717) is 6.54 Å². The van der Waals surface area contributed by atoms with Gasteiger partial charge in [0, 0.05) is 13.2 Å². The number of aliphatic hydroxyl groups excluding tert-OH is 1. The Morgan fingerprint density at radius 2 is 1.82 bits per heavy atom. The molecule has 0 aromatic heterocycles. The maximum atomic E-state index is 11.9. The zero-order valence-electron chi connectivity index (χ0n) is 11.1. The molecule has 0 aromatic rings. The molecule has 1 aliphatic heterocycles. The molecule has 0 spiro atoms. The molecule has 0 radical (unpaired) electrons. The summed E-state index contributed by atoms with van der Waals surface area (Å²) in [6, 6.07) is -0.0426. The maximum Gasteiger partial charge on any atom is 0.237 e. The summed E-state index contributed by atoms with van der Waals surface area (Å²) in [5, 5.41) is 11.8. The van der Waals surface area contributed by atoms with Crippen molar-refractivity contribution in [2.75, 3.05) is 26.2 Å². The Morgan fingerprint density at radius 1 is 1.24 bits per heavy atom. The number of nitrogens with one attached hydrogen (secondary N) is 1. The molecule has 4 nitrogen and oxygen atoms in total. The highest BCUT2D eigenvalue weighted by molar-refractivity contribution is 5.81. The van der Waals surface area contributed by atoms with Crippen LogP contribution in [0.25, 0.3) is 0 Å². The van der Waals surface area contributed by atoms with Crippen LogP contribution in [0.1, 0.15) is 39.5 Å². The van der Waals surface area contributed by atoms with Crippen LogP contribution in [-0.2, 0) is 4.79 Å². The summed E-state index contributed by atoms with van der Waals surface area (Å²) in [5.41, 5.74) is 0. The van der Waals surface area contributed by atoms with E-state index < -0.39 is 0 Å². The van der Waals surface area contributed by atoms with Crippen molar-refractivity contribution < 1.29 is 9.90 Å². The molecule has 2 N–H and O–H groups in total. The van der Waals surface area contributed by atoms with Gasteiger partial charge < -0.3 is 10.4 Å². The molecule has 0 saturated carbocycles. The zero-order valence-corrected chi connectivity index (χ0v) is 11.1. The Hall–Kier alpha value is -0.610. The second kappa shape index (κ2) is 7.67. The van der Waals surface area contributed by atoms with Crippen LogP contribution in [-0.4, -0.2) is 48.2 Å². The molecule has 1 saturated heterocycles. The van der Waals surface area contributed by atoms with Crippen molar-refractivity contribution in [1.29, 1.82) is 0 Å². The Bertz CT molecular complexity index is 225. The van der Waals surface area contributed by atoms with E-state index in [1.165, 1.54) is 25.7 Å². The second-order valence-electron chi connectivity index (χ2n) is 5.16. The first-order valence-electron chi connectivity index (χ1n) is 6.77. The monoisotopic (exact) mass is 242 g/mol. The quantitative estimate of drug-likeness (QED) is 0.756. The Kier molecular flexibility index (Phi) is 6.52. The van der Waals surface area contributed by atoms with Crippen LogP contribution in [0.2, 0.25) is 0 Å². The number of aliphatic hydroxyl groups is 1. The zero-order chi connectivity index (χ0) is 12.7. The van der Waals surface area contributed by atoms with E-state index in [4.69, 9.17) is 5.11 Å². The van der Waals surface area contributed by atoms with Crippen molar-refractivity contribution in [2.45, 2.75) is 45.6 Å². The standard InChI is InChI=1S/C13H26N2O2/c1-11(10-16)9-14-13(17)12(2)15-7-5-3-4-6-8-15/h11-12,16H,3-10H2,1-2H3,(H,14,17). The van der Waals surface area contributed by atoms with E-state index >= 15 is 0 Å². The number of carbonyl (C=O) groups excluding carboxylic acids is 1. The van der Waals surface area contributed by atoms with E-state index in [1.807, 2.05) is 13.8 Å². The Balaban J connectivity index is 2.33. The molecule has 1 rings (SSSR count). The smallest absolute Gasteiger partial charge is 0.237 e. The third-order valence-electron chi connectivity index (χ3n) is 3.50. The molecule has 100 valence electrons. The van der Waals surface area contributed by atoms with Crippen molar-refractivity contribution in [3.05, 3.63) is 0 Å². The van der Waals surface area contributed by atoms with Crippen LogP contribution in [0, 0.1) is 5.92 Å². The third-order valence-corrected chi connectivity index (χ3v) is 3.50. The van der Waals surface area contributed by atoms with Crippen molar-refractivity contribution in [1.82, 2.24) is 10.2 Å². The molecule has 4 heteroatoms. The van der Waals surface area contributed by atoms with Crippen molar-refractivity contribution in [3.63, 3.8) is 0 Å². The van der Waals surface area contributed by atoms with Gasteiger partial charge in [-0.2, -0.15) is 0 Å². The molecule has 1 fully saturated rings. The number of nitrogens with zero attached hydrogens (tertiary/aromatic N) is 1. The van der Waals surface area contributed by atoms with Gasteiger partial charge in [-0.3, -0.25) is 9.69 Å². The number of rotatable bonds is 5. The molecular formula is C13H26N2O2. The maximum absolute atomic E-state index is 11.9. The Morgan fingerprint density at radius 3 is 2.35 bits per heavy atom. The van der Waals surface area contributed by atoms with Gasteiger partial charge in [-0.25, -0.2) is 0 Å². The molecule has 0 aromatic carbocycles. The average molecular weight is 242 g/mol. The van der Waals surface area contributed by atoms with Crippen LogP contribution in [0.3, 0.4) is 0 Å². The van der Waals surface area contributed by atoms with Gasteiger partial charge in [0.15, 0.2) is 0 Å². The van der Waals surface area contributed by atoms with Gasteiger partial charge in [0.25, 0.3) is 0 Å². The number of carbonyl (C=O) groups is 1. The number of hydrogen-bond acceptors (Lipinski definition) is 3. The predicted octanol–water partition coefficient (Wildman–Crippen LogP) is 0.995. The number of likely N-dealkylation sites (tertiary alicyclic amines) is 1. The molecule has 0 aliphatic carbocycles. The van der Waals surface area contributed by atoms with E-state index in [1.54, 1.807) is 0 Å². The second-order valence-corrected chi connectivity index (χ2v) is 5.16. The summed E-state index contributed by atoms with van der Waals surface area (Å²) in [4.78, 5) is 14.2. The molecule has 17 heavy (non-hydrogen) atoms. The summed E-state index contributed by atoms with van der Waals surface area (Å²) in [5.74, 6) is 0.225. The van der Waals surface area contributed by atoms with Crippen LogP contribution in [0.5, 0.6) is 0 Å². The van der Waals surface area contributed by atoms with Crippen LogP contribution in [0.4, 0.5) is 0 Å². The predicted molar refractivity (Wildman–Crippen MR) is 68.8 cm³/mol. The first-order valence-corrected chi connectivity index (χ1v) is 6.77. The van der Waals surface area contributed by atoms with Gasteiger partial charge in [0.2, 0.25) is 5.91 Å². The summed E-state index contributed by atoms with van der Waals surface area (Å²) in [7, 11) is 0. The minimum absolute atomic E-state index is 0.0426. The lowest BCUT2D eigenvalue weighted by atomic mass is 10.2. The minimum Gasteiger partial charge on any atom is -0.396 e. The lowest BCUT2D eigenvalue weighted by molar-refractivity contribution is -0.126. The minimum atomic E-state index is -0.0426. The molecule has 1 aliphatic rings. The summed E-state index contributed by atoms with van der Waals surface area (Å²) < 4.78 is 0. The topological polar surface area (TPSA) is 52.6 Å².